The third-order valence-corrected chi connectivity index (χ3v) is 6.05. The summed E-state index contributed by atoms with van der Waals surface area (Å²) in [5.74, 6) is 0.428. The van der Waals surface area contributed by atoms with E-state index in [9.17, 15) is 8.42 Å². The Labute approximate surface area is 125 Å². The smallest absolute Gasteiger partial charge is 0.246 e. The number of hydrogen-bond donors (Lipinski definition) is 0. The molecule has 1 fully saturated rings. The lowest BCUT2D eigenvalue weighted by Crippen LogP contribution is -2.42. The van der Waals surface area contributed by atoms with Crippen LogP contribution in [0.15, 0.2) is 23.4 Å². The van der Waals surface area contributed by atoms with Gasteiger partial charge in [-0.05, 0) is 31.7 Å². The first-order valence-electron chi connectivity index (χ1n) is 6.58. The lowest BCUT2D eigenvalue weighted by atomic mass is 10.2. The molecule has 2 rings (SSSR count). The maximum absolute atomic E-state index is 12.8. The van der Waals surface area contributed by atoms with Gasteiger partial charge in [0.25, 0.3) is 0 Å². The van der Waals surface area contributed by atoms with Crippen molar-refractivity contribution in [1.29, 1.82) is 0 Å². The van der Waals surface area contributed by atoms with Crippen LogP contribution in [0.5, 0.6) is 0 Å². The van der Waals surface area contributed by atoms with Crippen LogP contribution in [-0.2, 0) is 14.8 Å². The van der Waals surface area contributed by atoms with Crippen molar-refractivity contribution in [2.24, 2.45) is 5.92 Å². The number of nitrogens with zero attached hydrogens (tertiary/aromatic N) is 2. The number of sulfonamides is 1. The molecule has 0 spiro atoms. The molecule has 5 nitrogen and oxygen atoms in total. The van der Waals surface area contributed by atoms with Crippen LogP contribution >= 0.6 is 11.6 Å². The molecule has 7 heteroatoms. The SMILES string of the molecule is COCCN(C(C)C1CC1)S(=O)(=O)c1cnccc1Cl. The van der Waals surface area contributed by atoms with E-state index >= 15 is 0 Å². The van der Waals surface area contributed by atoms with Crippen LogP contribution in [0, 0.1) is 5.92 Å². The Kier molecular flexibility index (Phi) is 5.01. The number of ether oxygens (including phenoxy) is 1. The van der Waals surface area contributed by atoms with Gasteiger partial charge in [-0.2, -0.15) is 4.31 Å². The van der Waals surface area contributed by atoms with E-state index < -0.39 is 10.0 Å². The highest BCUT2D eigenvalue weighted by atomic mass is 35.5. The fourth-order valence-corrected chi connectivity index (χ4v) is 4.30. The van der Waals surface area contributed by atoms with E-state index in [1.165, 1.54) is 22.8 Å². The fourth-order valence-electron chi connectivity index (χ4n) is 2.22. The number of pyridine rings is 1. The highest BCUT2D eigenvalue weighted by Crippen LogP contribution is 2.37. The zero-order valence-corrected chi connectivity index (χ0v) is 13.2. The van der Waals surface area contributed by atoms with Crippen LogP contribution in [0.25, 0.3) is 0 Å². The van der Waals surface area contributed by atoms with Gasteiger partial charge in [-0.15, -0.1) is 0 Å². The minimum atomic E-state index is -3.65. The number of hydrogen-bond acceptors (Lipinski definition) is 4. The second-order valence-electron chi connectivity index (χ2n) is 4.99. The van der Waals surface area contributed by atoms with E-state index in [1.54, 1.807) is 7.11 Å². The molecule has 0 radical (unpaired) electrons. The van der Waals surface area contributed by atoms with Crippen LogP contribution in [-0.4, -0.2) is 44.0 Å². The highest BCUT2D eigenvalue weighted by molar-refractivity contribution is 7.89. The molecule has 1 aliphatic carbocycles. The third-order valence-electron chi connectivity index (χ3n) is 3.60. The first kappa shape index (κ1) is 15.7. The zero-order chi connectivity index (χ0) is 14.8. The highest BCUT2D eigenvalue weighted by Gasteiger charge is 2.38. The minimum Gasteiger partial charge on any atom is -0.383 e. The summed E-state index contributed by atoms with van der Waals surface area (Å²) < 4.78 is 32.1. The zero-order valence-electron chi connectivity index (χ0n) is 11.6. The summed E-state index contributed by atoms with van der Waals surface area (Å²) in [6, 6.07) is 1.44. The van der Waals surface area contributed by atoms with Crippen LogP contribution in [0.3, 0.4) is 0 Å². The molecule has 1 atom stereocenters. The predicted octanol–water partition coefficient (Wildman–Crippen LogP) is 2.17. The molecule has 0 amide bonds. The second kappa shape index (κ2) is 6.39. The van der Waals surface area contributed by atoms with E-state index in [1.807, 2.05) is 6.92 Å². The number of aromatic nitrogens is 1. The minimum absolute atomic E-state index is 0.0496. The molecule has 1 aliphatic rings. The van der Waals surface area contributed by atoms with Crippen LogP contribution in [0.4, 0.5) is 0 Å². The van der Waals surface area contributed by atoms with Gasteiger partial charge in [-0.3, -0.25) is 4.98 Å². The van der Waals surface area contributed by atoms with Gasteiger partial charge in [-0.1, -0.05) is 11.6 Å². The van der Waals surface area contributed by atoms with Gasteiger partial charge in [0.05, 0.1) is 11.6 Å². The molecule has 0 N–H and O–H groups in total. The summed E-state index contributed by atoms with van der Waals surface area (Å²) in [7, 11) is -2.09. The van der Waals surface area contributed by atoms with E-state index in [-0.39, 0.29) is 16.0 Å². The van der Waals surface area contributed by atoms with Gasteiger partial charge < -0.3 is 4.74 Å². The summed E-state index contributed by atoms with van der Waals surface area (Å²) >= 11 is 6.01. The van der Waals surface area contributed by atoms with Gasteiger partial charge in [0.1, 0.15) is 4.90 Å². The first-order chi connectivity index (χ1) is 9.48. The Hall–Kier alpha value is -0.690. The lowest BCUT2D eigenvalue weighted by Gasteiger charge is -2.28. The van der Waals surface area contributed by atoms with Gasteiger partial charge in [0, 0.05) is 32.1 Å². The standard InChI is InChI=1S/C13H19ClN2O3S/c1-10(11-3-4-11)16(7-8-19-2)20(17,18)13-9-15-6-5-12(13)14/h5-6,9-11H,3-4,7-8H2,1-2H3. The molecule has 112 valence electrons. The molecule has 1 aromatic rings. The molecule has 0 bridgehead atoms. The molecule has 1 unspecified atom stereocenters. The van der Waals surface area contributed by atoms with Crippen LogP contribution in [0.2, 0.25) is 5.02 Å². The van der Waals surface area contributed by atoms with Gasteiger partial charge in [0.15, 0.2) is 0 Å². The predicted molar refractivity (Wildman–Crippen MR) is 77.2 cm³/mol. The van der Waals surface area contributed by atoms with Crippen molar-refractivity contribution in [1.82, 2.24) is 9.29 Å². The largest absolute Gasteiger partial charge is 0.383 e. The second-order valence-corrected chi connectivity index (χ2v) is 7.26. The van der Waals surface area contributed by atoms with E-state index in [4.69, 9.17) is 16.3 Å². The van der Waals surface area contributed by atoms with Crippen molar-refractivity contribution >= 4 is 21.6 Å². The molecule has 0 aliphatic heterocycles. The molecule has 20 heavy (non-hydrogen) atoms. The summed E-state index contributed by atoms with van der Waals surface area (Å²) in [5.41, 5.74) is 0. The number of methoxy groups -OCH3 is 1. The maximum atomic E-state index is 12.8. The number of halogens is 1. The molecule has 1 saturated carbocycles. The van der Waals surface area contributed by atoms with Crippen molar-refractivity contribution in [3.63, 3.8) is 0 Å². The Balaban J connectivity index is 2.33. The topological polar surface area (TPSA) is 59.5 Å². The van der Waals surface area contributed by atoms with Crippen LogP contribution < -0.4 is 0 Å². The monoisotopic (exact) mass is 318 g/mol. The average Bonchev–Trinajstić information content (AvgIpc) is 3.23. The Morgan fingerprint density at radius 3 is 2.80 bits per heavy atom. The van der Waals surface area contributed by atoms with Gasteiger partial charge in [0.2, 0.25) is 10.0 Å². The van der Waals surface area contributed by atoms with E-state index in [0.717, 1.165) is 12.8 Å². The van der Waals surface area contributed by atoms with Crippen molar-refractivity contribution in [3.8, 4) is 0 Å². The number of rotatable bonds is 7. The van der Waals surface area contributed by atoms with E-state index in [0.29, 0.717) is 19.1 Å². The summed E-state index contributed by atoms with van der Waals surface area (Å²) in [6.45, 7) is 2.62. The summed E-state index contributed by atoms with van der Waals surface area (Å²) in [6.07, 6.45) is 4.92. The normalized spacial score (nSPS) is 17.4. The molecule has 0 aromatic carbocycles. The third kappa shape index (κ3) is 3.31. The molecule has 1 aromatic heterocycles. The van der Waals surface area contributed by atoms with Crippen molar-refractivity contribution in [2.75, 3.05) is 20.3 Å². The Morgan fingerprint density at radius 1 is 1.55 bits per heavy atom. The van der Waals surface area contributed by atoms with Crippen molar-refractivity contribution in [2.45, 2.75) is 30.7 Å². The van der Waals surface area contributed by atoms with Crippen LogP contribution in [0.1, 0.15) is 19.8 Å². The van der Waals surface area contributed by atoms with E-state index in [2.05, 4.69) is 4.98 Å². The summed E-state index contributed by atoms with van der Waals surface area (Å²) in [4.78, 5) is 3.93. The molecular formula is C13H19ClN2O3S. The lowest BCUT2D eigenvalue weighted by molar-refractivity contribution is 0.164. The molecule has 0 saturated heterocycles. The summed E-state index contributed by atoms with van der Waals surface area (Å²) in [5, 5.41) is 0.199. The maximum Gasteiger partial charge on any atom is 0.246 e. The average molecular weight is 319 g/mol. The van der Waals surface area contributed by atoms with Crippen molar-refractivity contribution in [3.05, 3.63) is 23.5 Å². The Bertz CT molecular complexity index is 560. The molecule has 1 heterocycles. The quantitative estimate of drug-likeness (QED) is 0.773. The Morgan fingerprint density at radius 2 is 2.25 bits per heavy atom. The van der Waals surface area contributed by atoms with Gasteiger partial charge in [-0.25, -0.2) is 8.42 Å². The fraction of sp³-hybridized carbons (Fsp3) is 0.615. The first-order valence-corrected chi connectivity index (χ1v) is 8.40. The molecular weight excluding hydrogens is 300 g/mol. The van der Waals surface area contributed by atoms with Crippen molar-refractivity contribution < 1.29 is 13.2 Å². The van der Waals surface area contributed by atoms with Gasteiger partial charge >= 0.3 is 0 Å².